The van der Waals surface area contributed by atoms with Gasteiger partial charge in [-0.25, -0.2) is 9.97 Å². The molecule has 0 fully saturated rings. The van der Waals surface area contributed by atoms with E-state index in [4.69, 9.17) is 14.4 Å². The zero-order valence-electron chi connectivity index (χ0n) is 37.3. The number of para-hydroxylation sites is 4. The predicted molar refractivity (Wildman–Crippen MR) is 285 cm³/mol. The van der Waals surface area contributed by atoms with Crippen LogP contribution in [0.3, 0.4) is 0 Å². The van der Waals surface area contributed by atoms with Gasteiger partial charge in [0.05, 0.1) is 39.1 Å². The highest BCUT2D eigenvalue weighted by Crippen LogP contribution is 2.43. The van der Waals surface area contributed by atoms with Crippen molar-refractivity contribution in [3.63, 3.8) is 0 Å². The lowest BCUT2D eigenvalue weighted by Crippen LogP contribution is -2.04. The molecule has 0 amide bonds. The van der Waals surface area contributed by atoms with Crippen molar-refractivity contribution < 1.29 is 4.42 Å². The van der Waals surface area contributed by atoms with E-state index < -0.39 is 0 Å². The lowest BCUT2D eigenvalue weighted by atomic mass is 9.98. The predicted octanol–water partition coefficient (Wildman–Crippen LogP) is 16.9. The van der Waals surface area contributed by atoms with E-state index in [1.54, 1.807) is 0 Å². The number of hydrogen-bond acceptors (Lipinski definition) is 3. The first-order chi connectivity index (χ1) is 34.2. The minimum atomic E-state index is 0.614. The molecule has 0 aliphatic carbocycles. The number of hydrogen-bond donors (Lipinski definition) is 0. The average molecular weight is 881 g/mol. The summed E-state index contributed by atoms with van der Waals surface area (Å²) in [6.45, 7) is 0. The van der Waals surface area contributed by atoms with Gasteiger partial charge in [0.25, 0.3) is 0 Å². The highest BCUT2D eigenvalue weighted by molar-refractivity contribution is 6.18. The van der Waals surface area contributed by atoms with Crippen molar-refractivity contribution in [2.24, 2.45) is 0 Å². The number of nitrogens with zero attached hydrogens (tertiary/aromatic N) is 4. The SMILES string of the molecule is c1ccc(-c2ccc(-c3cc(-c4ccc(-c5ccccc5)cc4)nc(-n4c5ccccc5c5c(-c6ccc7c(c6)c6ccccc6n7-c6cccc7c6oc6ccccc67)cccc54)n3)cc2)cc1. The van der Waals surface area contributed by atoms with Gasteiger partial charge in [-0.15, -0.1) is 0 Å². The van der Waals surface area contributed by atoms with Crippen molar-refractivity contribution >= 4 is 65.6 Å². The van der Waals surface area contributed by atoms with Crippen LogP contribution in [-0.2, 0) is 0 Å². The van der Waals surface area contributed by atoms with Crippen molar-refractivity contribution in [2.75, 3.05) is 0 Å². The Morgan fingerprint density at radius 1 is 0.304 bits per heavy atom. The molecular weight excluding hydrogens is 841 g/mol. The van der Waals surface area contributed by atoms with Gasteiger partial charge in [0.15, 0.2) is 5.58 Å². The number of fused-ring (bicyclic) bond motifs is 9. The topological polar surface area (TPSA) is 48.8 Å². The fourth-order valence-electron chi connectivity index (χ4n) is 10.5. The molecule has 4 aromatic heterocycles. The van der Waals surface area contributed by atoms with Crippen LogP contribution in [0.15, 0.2) is 247 Å². The highest BCUT2D eigenvalue weighted by Gasteiger charge is 2.22. The minimum absolute atomic E-state index is 0.614. The van der Waals surface area contributed by atoms with Crippen molar-refractivity contribution in [3.8, 4) is 67.5 Å². The molecule has 5 heteroatoms. The molecule has 4 heterocycles. The van der Waals surface area contributed by atoms with Gasteiger partial charge in [0.2, 0.25) is 5.95 Å². The summed E-state index contributed by atoms with van der Waals surface area (Å²) in [5.41, 5.74) is 17.8. The first kappa shape index (κ1) is 38.9. The van der Waals surface area contributed by atoms with Crippen LogP contribution in [0.2, 0.25) is 0 Å². The maximum Gasteiger partial charge on any atom is 0.235 e. The molecule has 0 spiro atoms. The molecule has 0 saturated carbocycles. The van der Waals surface area contributed by atoms with E-state index in [9.17, 15) is 0 Å². The van der Waals surface area contributed by atoms with Crippen molar-refractivity contribution in [1.29, 1.82) is 0 Å². The smallest absolute Gasteiger partial charge is 0.235 e. The molecule has 69 heavy (non-hydrogen) atoms. The van der Waals surface area contributed by atoms with Crippen LogP contribution < -0.4 is 0 Å². The van der Waals surface area contributed by atoms with Crippen LogP contribution in [0, 0.1) is 0 Å². The standard InChI is InChI=1S/C64H40N4O/c1-3-15-41(16-4-1)43-29-33-45(34-30-43)54-40-55(46-35-31-44(32-36-46)42-17-5-2-6-18-42)66-64(65-54)68-57-25-11-8-21-52(57)62-48(22-13-26-59(62)68)47-37-38-58-53(39-47)49-19-7-10-24-56(49)67(58)60-27-14-23-51-50-20-9-12-28-61(50)69-63(51)60/h1-40H. The summed E-state index contributed by atoms with van der Waals surface area (Å²) in [5.74, 6) is 0.614. The number of aromatic nitrogens is 4. The molecule has 0 N–H and O–H groups in total. The Morgan fingerprint density at radius 2 is 0.797 bits per heavy atom. The van der Waals surface area contributed by atoms with Gasteiger partial charge in [0, 0.05) is 43.4 Å². The summed E-state index contributed by atoms with van der Waals surface area (Å²) < 4.78 is 11.2. The first-order valence-electron chi connectivity index (χ1n) is 23.4. The molecular formula is C64H40N4O. The van der Waals surface area contributed by atoms with Crippen molar-refractivity contribution in [2.45, 2.75) is 0 Å². The molecule has 0 saturated heterocycles. The Morgan fingerprint density at radius 3 is 1.48 bits per heavy atom. The van der Waals surface area contributed by atoms with E-state index in [1.807, 2.05) is 12.1 Å². The molecule has 0 unspecified atom stereocenters. The Balaban J connectivity index is 0.950. The molecule has 14 rings (SSSR count). The van der Waals surface area contributed by atoms with Crippen LogP contribution >= 0.6 is 0 Å². The Labute approximate surface area is 397 Å². The molecule has 0 aliphatic rings. The molecule has 0 bridgehead atoms. The van der Waals surface area contributed by atoms with Gasteiger partial charge in [0.1, 0.15) is 5.58 Å². The molecule has 0 radical (unpaired) electrons. The molecule has 5 nitrogen and oxygen atoms in total. The first-order valence-corrected chi connectivity index (χ1v) is 23.4. The minimum Gasteiger partial charge on any atom is -0.454 e. The number of furan rings is 1. The van der Waals surface area contributed by atoms with Gasteiger partial charge >= 0.3 is 0 Å². The van der Waals surface area contributed by atoms with Crippen LogP contribution in [0.1, 0.15) is 0 Å². The summed E-state index contributed by atoms with van der Waals surface area (Å²) in [7, 11) is 0. The molecule has 322 valence electrons. The van der Waals surface area contributed by atoms with Gasteiger partial charge in [-0.3, -0.25) is 4.57 Å². The number of rotatable bonds is 7. The van der Waals surface area contributed by atoms with Crippen LogP contribution in [0.5, 0.6) is 0 Å². The fourth-order valence-corrected chi connectivity index (χ4v) is 10.5. The third-order valence-electron chi connectivity index (χ3n) is 13.8. The van der Waals surface area contributed by atoms with E-state index >= 15 is 0 Å². The van der Waals surface area contributed by atoms with Crippen molar-refractivity contribution in [1.82, 2.24) is 19.1 Å². The highest BCUT2D eigenvalue weighted by atomic mass is 16.3. The van der Waals surface area contributed by atoms with Gasteiger partial charge in [-0.05, 0) is 81.9 Å². The van der Waals surface area contributed by atoms with Gasteiger partial charge in [-0.1, -0.05) is 194 Å². The van der Waals surface area contributed by atoms with Gasteiger partial charge in [-0.2, -0.15) is 0 Å². The summed E-state index contributed by atoms with van der Waals surface area (Å²) >= 11 is 0. The van der Waals surface area contributed by atoms with Crippen LogP contribution in [-0.4, -0.2) is 19.1 Å². The monoisotopic (exact) mass is 880 g/mol. The van der Waals surface area contributed by atoms with E-state index in [2.05, 4.69) is 240 Å². The average Bonchev–Trinajstić information content (AvgIpc) is 4.09. The summed E-state index contributed by atoms with van der Waals surface area (Å²) in [6, 6.07) is 86.1. The largest absolute Gasteiger partial charge is 0.454 e. The summed E-state index contributed by atoms with van der Waals surface area (Å²) in [6.07, 6.45) is 0. The summed E-state index contributed by atoms with van der Waals surface area (Å²) in [5, 5.41) is 6.87. The van der Waals surface area contributed by atoms with Crippen LogP contribution in [0.4, 0.5) is 0 Å². The Hall–Kier alpha value is -9.32. The maximum atomic E-state index is 6.60. The molecule has 14 aromatic rings. The second-order valence-electron chi connectivity index (χ2n) is 17.7. The lowest BCUT2D eigenvalue weighted by Gasteiger charge is -2.13. The molecule has 0 aliphatic heterocycles. The van der Waals surface area contributed by atoms with E-state index in [-0.39, 0.29) is 0 Å². The molecule has 0 atom stereocenters. The second kappa shape index (κ2) is 15.7. The normalized spacial score (nSPS) is 11.8. The van der Waals surface area contributed by atoms with E-state index in [1.165, 1.54) is 21.9 Å². The quantitative estimate of drug-likeness (QED) is 0.160. The Bertz CT molecular complexity index is 4180. The van der Waals surface area contributed by atoms with E-state index in [0.29, 0.717) is 5.95 Å². The van der Waals surface area contributed by atoms with Crippen LogP contribution in [0.25, 0.3) is 133 Å². The lowest BCUT2D eigenvalue weighted by molar-refractivity contribution is 0.666. The fraction of sp³-hybridized carbons (Fsp3) is 0. The van der Waals surface area contributed by atoms with Crippen molar-refractivity contribution in [3.05, 3.63) is 243 Å². The zero-order valence-corrected chi connectivity index (χ0v) is 37.3. The van der Waals surface area contributed by atoms with Gasteiger partial charge < -0.3 is 8.98 Å². The Kier molecular flexibility index (Phi) is 8.83. The maximum absolute atomic E-state index is 6.60. The summed E-state index contributed by atoms with van der Waals surface area (Å²) in [4.78, 5) is 10.9. The third kappa shape index (κ3) is 6.32. The zero-order chi connectivity index (χ0) is 45.4. The van der Waals surface area contributed by atoms with E-state index in [0.717, 1.165) is 105 Å². The number of benzene rings is 10. The second-order valence-corrected chi connectivity index (χ2v) is 17.7. The molecule has 10 aromatic carbocycles. The third-order valence-corrected chi connectivity index (χ3v) is 13.8.